The molecule has 4 atom stereocenters. The fourth-order valence-electron chi connectivity index (χ4n) is 3.75. The number of esters is 1. The van der Waals surface area contributed by atoms with Crippen molar-refractivity contribution in [3.05, 3.63) is 0 Å². The molecule has 2 nitrogen and oxygen atoms in total. The van der Waals surface area contributed by atoms with Crippen LogP contribution in [0.15, 0.2) is 0 Å². The van der Waals surface area contributed by atoms with Crippen molar-refractivity contribution in [3.63, 3.8) is 0 Å². The van der Waals surface area contributed by atoms with E-state index in [1.54, 1.807) is 0 Å². The summed E-state index contributed by atoms with van der Waals surface area (Å²) in [5.74, 6) is 2.28. The summed E-state index contributed by atoms with van der Waals surface area (Å²) in [7, 11) is 0. The molecular formula is C15H26O2. The summed E-state index contributed by atoms with van der Waals surface area (Å²) in [4.78, 5) is 11.9. The lowest BCUT2D eigenvalue weighted by atomic mass is 9.75. The number of ether oxygens (including phenoxy) is 1. The molecule has 2 aliphatic rings. The third kappa shape index (κ3) is 2.36. The molecule has 0 spiro atoms. The molecule has 0 aliphatic heterocycles. The normalized spacial score (nSPS) is 35.0. The fraction of sp³-hybridized carbons (Fsp3) is 0.933. The van der Waals surface area contributed by atoms with E-state index >= 15 is 0 Å². The van der Waals surface area contributed by atoms with Gasteiger partial charge in [0.05, 0.1) is 5.92 Å². The molecule has 0 aromatic rings. The molecule has 0 saturated heterocycles. The first-order chi connectivity index (χ1) is 7.96. The predicted molar refractivity (Wildman–Crippen MR) is 68.6 cm³/mol. The second-order valence-corrected chi connectivity index (χ2v) is 6.52. The van der Waals surface area contributed by atoms with E-state index in [4.69, 9.17) is 4.74 Å². The van der Waals surface area contributed by atoms with Crippen LogP contribution in [0.25, 0.3) is 0 Å². The molecule has 0 amide bonds. The van der Waals surface area contributed by atoms with Gasteiger partial charge in [0.2, 0.25) is 0 Å². The van der Waals surface area contributed by atoms with E-state index in [0.717, 1.165) is 18.3 Å². The largest absolute Gasteiger partial charge is 0.459 e. The van der Waals surface area contributed by atoms with Gasteiger partial charge in [0.15, 0.2) is 0 Å². The van der Waals surface area contributed by atoms with Crippen molar-refractivity contribution in [3.8, 4) is 0 Å². The lowest BCUT2D eigenvalue weighted by Crippen LogP contribution is -2.42. The lowest BCUT2D eigenvalue weighted by Gasteiger charge is -2.39. The van der Waals surface area contributed by atoms with E-state index < -0.39 is 0 Å². The highest BCUT2D eigenvalue weighted by molar-refractivity contribution is 5.72. The smallest absolute Gasteiger partial charge is 0.308 e. The Balaban J connectivity index is 2.06. The van der Waals surface area contributed by atoms with Gasteiger partial charge in [-0.1, -0.05) is 27.2 Å². The molecule has 2 bridgehead atoms. The number of fused-ring (bicyclic) bond motifs is 2. The molecule has 98 valence electrons. The Labute approximate surface area is 105 Å². The van der Waals surface area contributed by atoms with E-state index in [0.29, 0.717) is 5.92 Å². The van der Waals surface area contributed by atoms with Gasteiger partial charge >= 0.3 is 5.97 Å². The van der Waals surface area contributed by atoms with Crippen molar-refractivity contribution in [2.24, 2.45) is 23.7 Å². The second-order valence-electron chi connectivity index (χ2n) is 6.52. The fourth-order valence-corrected chi connectivity index (χ4v) is 3.75. The average molecular weight is 238 g/mol. The molecule has 17 heavy (non-hydrogen) atoms. The summed E-state index contributed by atoms with van der Waals surface area (Å²) in [5.41, 5.74) is -0.221. The summed E-state index contributed by atoms with van der Waals surface area (Å²) >= 11 is 0. The summed E-state index contributed by atoms with van der Waals surface area (Å²) in [6.45, 7) is 8.14. The summed E-state index contributed by atoms with van der Waals surface area (Å²) in [6.07, 6.45) is 6.35. The predicted octanol–water partition coefficient (Wildman–Crippen LogP) is 3.79. The maximum absolute atomic E-state index is 11.9. The first-order valence-electron chi connectivity index (χ1n) is 7.19. The zero-order valence-electron chi connectivity index (χ0n) is 11.7. The summed E-state index contributed by atoms with van der Waals surface area (Å²) < 4.78 is 5.85. The number of hydrogen-bond acceptors (Lipinski definition) is 2. The van der Waals surface area contributed by atoms with Gasteiger partial charge in [-0.25, -0.2) is 0 Å². The van der Waals surface area contributed by atoms with Gasteiger partial charge in [-0.05, 0) is 44.4 Å². The zero-order chi connectivity index (χ0) is 12.6. The minimum absolute atomic E-state index is 0.0144. The van der Waals surface area contributed by atoms with Crippen LogP contribution < -0.4 is 0 Å². The molecule has 0 radical (unpaired) electrons. The van der Waals surface area contributed by atoms with Crippen molar-refractivity contribution in [1.82, 2.24) is 0 Å². The summed E-state index contributed by atoms with van der Waals surface area (Å²) in [6, 6.07) is 0. The lowest BCUT2D eigenvalue weighted by molar-refractivity contribution is -0.171. The van der Waals surface area contributed by atoms with Crippen LogP contribution >= 0.6 is 0 Å². The van der Waals surface area contributed by atoms with Crippen LogP contribution in [0.4, 0.5) is 0 Å². The Morgan fingerprint density at radius 1 is 1.35 bits per heavy atom. The molecular weight excluding hydrogens is 212 g/mol. The molecule has 0 aromatic heterocycles. The average Bonchev–Trinajstić information content (AvgIpc) is 2.90. The molecule has 2 saturated carbocycles. The molecule has 0 heterocycles. The van der Waals surface area contributed by atoms with Crippen molar-refractivity contribution in [1.29, 1.82) is 0 Å². The van der Waals surface area contributed by atoms with Crippen LogP contribution in [-0.4, -0.2) is 11.6 Å². The maximum atomic E-state index is 11.9. The number of carbonyl (C=O) groups is 1. The van der Waals surface area contributed by atoms with E-state index in [1.165, 1.54) is 25.7 Å². The monoisotopic (exact) mass is 238 g/mol. The number of rotatable bonds is 4. The Hall–Kier alpha value is -0.530. The Kier molecular flexibility index (Phi) is 3.51. The van der Waals surface area contributed by atoms with Gasteiger partial charge in [-0.2, -0.15) is 0 Å². The van der Waals surface area contributed by atoms with Crippen LogP contribution in [-0.2, 0) is 9.53 Å². The third-order valence-corrected chi connectivity index (χ3v) is 5.03. The van der Waals surface area contributed by atoms with Gasteiger partial charge in [0, 0.05) is 5.92 Å². The SMILES string of the molecule is CCC(C)(OC(=O)C(C)C)C1CC2CCC1C2. The molecule has 0 aromatic carbocycles. The minimum atomic E-state index is -0.221. The quantitative estimate of drug-likeness (QED) is 0.696. The Morgan fingerprint density at radius 2 is 2.06 bits per heavy atom. The standard InChI is InChI=1S/C15H26O2/c1-5-15(4,17-14(16)10(2)3)13-9-11-6-7-12(13)8-11/h10-13H,5-9H2,1-4H3. The molecule has 2 aliphatic carbocycles. The molecule has 2 rings (SSSR count). The topological polar surface area (TPSA) is 26.3 Å². The van der Waals surface area contributed by atoms with E-state index in [1.807, 2.05) is 13.8 Å². The van der Waals surface area contributed by atoms with Gasteiger partial charge in [-0.3, -0.25) is 4.79 Å². The van der Waals surface area contributed by atoms with Crippen LogP contribution in [0.1, 0.15) is 59.8 Å². The van der Waals surface area contributed by atoms with Crippen LogP contribution in [0.2, 0.25) is 0 Å². The van der Waals surface area contributed by atoms with E-state index in [-0.39, 0.29) is 17.5 Å². The third-order valence-electron chi connectivity index (χ3n) is 5.03. The van der Waals surface area contributed by atoms with Gasteiger partial charge in [-0.15, -0.1) is 0 Å². The first kappa shape index (κ1) is 12.9. The van der Waals surface area contributed by atoms with Crippen LogP contribution in [0.3, 0.4) is 0 Å². The van der Waals surface area contributed by atoms with Gasteiger partial charge < -0.3 is 4.74 Å². The molecule has 4 unspecified atom stereocenters. The molecule has 2 fully saturated rings. The minimum Gasteiger partial charge on any atom is -0.459 e. The Morgan fingerprint density at radius 3 is 2.47 bits per heavy atom. The maximum Gasteiger partial charge on any atom is 0.308 e. The van der Waals surface area contributed by atoms with Gasteiger partial charge in [0.25, 0.3) is 0 Å². The number of hydrogen-bond donors (Lipinski definition) is 0. The van der Waals surface area contributed by atoms with E-state index in [2.05, 4.69) is 13.8 Å². The Bertz CT molecular complexity index is 297. The second kappa shape index (κ2) is 4.62. The van der Waals surface area contributed by atoms with Crippen LogP contribution in [0.5, 0.6) is 0 Å². The first-order valence-corrected chi connectivity index (χ1v) is 7.19. The van der Waals surface area contributed by atoms with Crippen molar-refractivity contribution < 1.29 is 9.53 Å². The van der Waals surface area contributed by atoms with Crippen molar-refractivity contribution in [2.75, 3.05) is 0 Å². The van der Waals surface area contributed by atoms with Crippen LogP contribution in [0, 0.1) is 23.7 Å². The van der Waals surface area contributed by atoms with E-state index in [9.17, 15) is 4.79 Å². The van der Waals surface area contributed by atoms with Gasteiger partial charge in [0.1, 0.15) is 5.60 Å². The van der Waals surface area contributed by atoms with Crippen molar-refractivity contribution in [2.45, 2.75) is 65.4 Å². The highest BCUT2D eigenvalue weighted by Gasteiger charge is 2.49. The summed E-state index contributed by atoms with van der Waals surface area (Å²) in [5, 5.41) is 0. The molecule has 0 N–H and O–H groups in total. The highest BCUT2D eigenvalue weighted by Crippen LogP contribution is 2.53. The highest BCUT2D eigenvalue weighted by atomic mass is 16.6. The van der Waals surface area contributed by atoms with Crippen molar-refractivity contribution >= 4 is 5.97 Å². The number of carbonyl (C=O) groups excluding carboxylic acids is 1. The molecule has 2 heteroatoms. The zero-order valence-corrected chi connectivity index (χ0v) is 11.7.